The maximum absolute atomic E-state index is 2.42. The molecular formula is C19H24S3Si. The molecule has 0 spiro atoms. The minimum absolute atomic E-state index is 0.239. The topological polar surface area (TPSA) is 0 Å². The number of hydrogen-bond acceptors (Lipinski definition) is 3. The van der Waals surface area contributed by atoms with E-state index >= 15 is 0 Å². The van der Waals surface area contributed by atoms with Crippen molar-refractivity contribution in [3.8, 4) is 19.5 Å². The molecule has 0 radical (unpaired) electrons. The van der Waals surface area contributed by atoms with Crippen LogP contribution in [0.25, 0.3) is 19.5 Å². The highest BCUT2D eigenvalue weighted by molar-refractivity contribution is 7.31. The molecule has 0 aliphatic carbocycles. The van der Waals surface area contributed by atoms with Gasteiger partial charge < -0.3 is 0 Å². The van der Waals surface area contributed by atoms with Crippen molar-refractivity contribution in [2.24, 2.45) is 0 Å². The molecule has 3 aromatic heterocycles. The first kappa shape index (κ1) is 17.2. The van der Waals surface area contributed by atoms with Gasteiger partial charge in [-0.05, 0) is 40.2 Å². The molecule has 0 saturated heterocycles. The summed E-state index contributed by atoms with van der Waals surface area (Å²) in [5.74, 6) is 0. The lowest BCUT2D eigenvalue weighted by Gasteiger charge is -2.15. The second kappa shape index (κ2) is 5.99. The molecule has 3 rings (SSSR count). The van der Waals surface area contributed by atoms with Crippen LogP contribution in [-0.4, -0.2) is 8.07 Å². The first-order chi connectivity index (χ1) is 10.6. The SMILES string of the molecule is CC(C)(C)c1ccc(-c2ccc(-c3ccc([Si](C)(C)C)s3)s2)s1. The Kier molecular flexibility index (Phi) is 4.47. The van der Waals surface area contributed by atoms with Crippen LogP contribution in [-0.2, 0) is 5.41 Å². The third-order valence-corrected chi connectivity index (χ3v) is 11.5. The van der Waals surface area contributed by atoms with Crippen LogP contribution in [0.1, 0.15) is 25.6 Å². The molecule has 0 saturated carbocycles. The lowest BCUT2D eigenvalue weighted by molar-refractivity contribution is 0.604. The third-order valence-electron chi connectivity index (χ3n) is 3.78. The summed E-state index contributed by atoms with van der Waals surface area (Å²) in [6, 6.07) is 13.8. The molecular weight excluding hydrogens is 352 g/mol. The Morgan fingerprint density at radius 2 is 1.13 bits per heavy atom. The second-order valence-electron chi connectivity index (χ2n) is 7.99. The zero-order chi connectivity index (χ0) is 16.8. The van der Waals surface area contributed by atoms with E-state index in [0.29, 0.717) is 0 Å². The molecule has 0 aliphatic rings. The van der Waals surface area contributed by atoms with Gasteiger partial charge in [-0.2, -0.15) is 0 Å². The Morgan fingerprint density at radius 1 is 0.652 bits per heavy atom. The highest BCUT2D eigenvalue weighted by Crippen LogP contribution is 2.41. The molecule has 0 nitrogen and oxygen atoms in total. The molecule has 0 N–H and O–H groups in total. The maximum Gasteiger partial charge on any atom is 0.0904 e. The first-order valence-electron chi connectivity index (χ1n) is 7.96. The molecule has 23 heavy (non-hydrogen) atoms. The molecule has 0 aromatic carbocycles. The van der Waals surface area contributed by atoms with Gasteiger partial charge in [-0.15, -0.1) is 34.0 Å². The fourth-order valence-corrected chi connectivity index (χ4v) is 7.50. The van der Waals surface area contributed by atoms with Crippen molar-refractivity contribution in [3.63, 3.8) is 0 Å². The summed E-state index contributed by atoms with van der Waals surface area (Å²) < 4.78 is 1.59. The summed E-state index contributed by atoms with van der Waals surface area (Å²) in [6.45, 7) is 14.1. The number of rotatable bonds is 3. The summed E-state index contributed by atoms with van der Waals surface area (Å²) in [7, 11) is -1.19. The van der Waals surface area contributed by atoms with Gasteiger partial charge >= 0.3 is 0 Å². The van der Waals surface area contributed by atoms with Crippen molar-refractivity contribution in [1.82, 2.24) is 0 Å². The van der Waals surface area contributed by atoms with Crippen molar-refractivity contribution in [2.45, 2.75) is 45.8 Å². The van der Waals surface area contributed by atoms with Gasteiger partial charge in [0.1, 0.15) is 0 Å². The lowest BCUT2D eigenvalue weighted by Crippen LogP contribution is -2.34. The summed E-state index contributed by atoms with van der Waals surface area (Å²) in [4.78, 5) is 7.07. The van der Waals surface area contributed by atoms with Crippen LogP contribution >= 0.6 is 34.0 Å². The monoisotopic (exact) mass is 376 g/mol. The van der Waals surface area contributed by atoms with Gasteiger partial charge in [0.15, 0.2) is 0 Å². The highest BCUT2D eigenvalue weighted by Gasteiger charge is 2.20. The first-order valence-corrected chi connectivity index (χ1v) is 13.9. The Bertz CT molecular complexity index is 739. The molecule has 122 valence electrons. The van der Waals surface area contributed by atoms with Crippen LogP contribution in [0.4, 0.5) is 0 Å². The van der Waals surface area contributed by atoms with Gasteiger partial charge in [0.25, 0.3) is 0 Å². The molecule has 0 aliphatic heterocycles. The van der Waals surface area contributed by atoms with Crippen molar-refractivity contribution < 1.29 is 0 Å². The van der Waals surface area contributed by atoms with Crippen LogP contribution in [0, 0.1) is 0 Å². The minimum atomic E-state index is -1.19. The van der Waals surface area contributed by atoms with Gasteiger partial charge in [-0.25, -0.2) is 0 Å². The van der Waals surface area contributed by atoms with E-state index in [4.69, 9.17) is 0 Å². The highest BCUT2D eigenvalue weighted by atomic mass is 32.1. The third kappa shape index (κ3) is 3.71. The minimum Gasteiger partial charge on any atom is -0.144 e. The molecule has 4 heteroatoms. The van der Waals surface area contributed by atoms with Gasteiger partial charge in [0.05, 0.1) is 8.07 Å². The quantitative estimate of drug-likeness (QED) is 0.430. The van der Waals surface area contributed by atoms with E-state index in [9.17, 15) is 0 Å². The Balaban J connectivity index is 1.89. The average molecular weight is 377 g/mol. The van der Waals surface area contributed by atoms with E-state index in [0.717, 1.165) is 0 Å². The van der Waals surface area contributed by atoms with Crippen LogP contribution in [0.5, 0.6) is 0 Å². The fourth-order valence-electron chi connectivity index (χ4n) is 2.35. The molecule has 0 fully saturated rings. The number of hydrogen-bond donors (Lipinski definition) is 0. The van der Waals surface area contributed by atoms with Crippen molar-refractivity contribution in [1.29, 1.82) is 0 Å². The smallest absolute Gasteiger partial charge is 0.0904 e. The van der Waals surface area contributed by atoms with E-state index in [1.807, 2.05) is 34.0 Å². The molecule has 0 unspecified atom stereocenters. The van der Waals surface area contributed by atoms with Gasteiger partial charge in [0, 0.05) is 24.4 Å². The molecule has 0 bridgehead atoms. The molecule has 3 heterocycles. The fraction of sp³-hybridized carbons (Fsp3) is 0.368. The maximum atomic E-state index is 2.42. The molecule has 0 atom stereocenters. The van der Waals surface area contributed by atoms with Crippen LogP contribution in [0.3, 0.4) is 0 Å². The van der Waals surface area contributed by atoms with Crippen molar-refractivity contribution in [2.75, 3.05) is 0 Å². The zero-order valence-corrected chi connectivity index (χ0v) is 18.1. The normalized spacial score (nSPS) is 12.8. The Hall–Kier alpha value is -0.683. The van der Waals surface area contributed by atoms with E-state index < -0.39 is 8.07 Å². The summed E-state index contributed by atoms with van der Waals surface area (Å²) in [6.07, 6.45) is 0. The van der Waals surface area contributed by atoms with E-state index in [1.54, 1.807) is 4.50 Å². The number of thiophene rings is 3. The summed E-state index contributed by atoms with van der Waals surface area (Å²) in [5.41, 5.74) is 0.239. The predicted molar refractivity (Wildman–Crippen MR) is 113 cm³/mol. The van der Waals surface area contributed by atoms with E-state index in [2.05, 4.69) is 76.8 Å². The predicted octanol–water partition coefficient (Wildman–Crippen LogP) is 7.05. The second-order valence-corrected chi connectivity index (χ2v) is 16.6. The van der Waals surface area contributed by atoms with Crippen LogP contribution in [0.15, 0.2) is 36.4 Å². The summed E-state index contributed by atoms with van der Waals surface area (Å²) >= 11 is 5.84. The van der Waals surface area contributed by atoms with Crippen molar-refractivity contribution >= 4 is 46.6 Å². The standard InChI is InChI=1S/C19H24S3Si/c1-19(2,3)17-11-9-15(21-17)13-7-8-14(20-13)16-10-12-18(22-16)23(4,5)6/h7-12H,1-6H3. The molecule has 3 aromatic rings. The van der Waals surface area contributed by atoms with E-state index in [-0.39, 0.29) is 5.41 Å². The summed E-state index contributed by atoms with van der Waals surface area (Å²) in [5, 5.41) is 0. The van der Waals surface area contributed by atoms with E-state index in [1.165, 1.54) is 24.4 Å². The van der Waals surface area contributed by atoms with Crippen LogP contribution < -0.4 is 4.50 Å². The van der Waals surface area contributed by atoms with Crippen LogP contribution in [0.2, 0.25) is 19.6 Å². The average Bonchev–Trinajstić information content (AvgIpc) is 3.17. The Labute approximate surface area is 152 Å². The lowest BCUT2D eigenvalue weighted by atomic mass is 9.95. The zero-order valence-electron chi connectivity index (χ0n) is 14.7. The van der Waals surface area contributed by atoms with Gasteiger partial charge in [0.2, 0.25) is 0 Å². The largest absolute Gasteiger partial charge is 0.144 e. The van der Waals surface area contributed by atoms with Crippen molar-refractivity contribution in [3.05, 3.63) is 41.3 Å². The molecule has 0 amide bonds. The Morgan fingerprint density at radius 3 is 1.61 bits per heavy atom. The van der Waals surface area contributed by atoms with Gasteiger partial charge in [-0.1, -0.05) is 46.5 Å². The van der Waals surface area contributed by atoms with Gasteiger partial charge in [-0.3, -0.25) is 0 Å².